The predicted molar refractivity (Wildman–Crippen MR) is 88.5 cm³/mol. The van der Waals surface area contributed by atoms with Gasteiger partial charge in [-0.25, -0.2) is 13.1 Å². The van der Waals surface area contributed by atoms with Crippen molar-refractivity contribution in [3.63, 3.8) is 0 Å². The van der Waals surface area contributed by atoms with Crippen molar-refractivity contribution in [3.05, 3.63) is 45.6 Å². The minimum Gasteiger partial charge on any atom is -0.377 e. The number of nitrogens with one attached hydrogen (secondary N) is 2. The number of rotatable bonds is 5. The Labute approximate surface area is 130 Å². The first-order valence-corrected chi connectivity index (χ1v) is 9.00. The normalized spacial score (nSPS) is 13.1. The minimum atomic E-state index is -3.42. The molecule has 0 saturated carbocycles. The van der Waals surface area contributed by atoms with Crippen molar-refractivity contribution in [1.29, 1.82) is 0 Å². The Kier molecular flexibility index (Phi) is 4.70. The van der Waals surface area contributed by atoms with Crippen LogP contribution in [0.4, 0.5) is 5.69 Å². The van der Waals surface area contributed by atoms with Gasteiger partial charge in [0.2, 0.25) is 10.0 Å². The molecule has 2 N–H and O–H groups in total. The molecule has 4 nitrogen and oxygen atoms in total. The zero-order chi connectivity index (χ0) is 15.6. The van der Waals surface area contributed by atoms with Crippen LogP contribution >= 0.6 is 11.3 Å². The summed E-state index contributed by atoms with van der Waals surface area (Å²) in [6.07, 6.45) is 0. The number of anilines is 1. The number of thiophene rings is 1. The van der Waals surface area contributed by atoms with Crippen LogP contribution in [0.2, 0.25) is 0 Å². The van der Waals surface area contributed by atoms with Crippen molar-refractivity contribution in [2.24, 2.45) is 0 Å². The highest BCUT2D eigenvalue weighted by atomic mass is 32.2. The van der Waals surface area contributed by atoms with E-state index in [0.717, 1.165) is 11.3 Å². The fourth-order valence-electron chi connectivity index (χ4n) is 2.03. The van der Waals surface area contributed by atoms with Gasteiger partial charge in [0, 0.05) is 15.4 Å². The van der Waals surface area contributed by atoms with Crippen LogP contribution in [-0.4, -0.2) is 15.5 Å². The molecule has 21 heavy (non-hydrogen) atoms. The Bertz CT molecular complexity index is 736. The van der Waals surface area contributed by atoms with Gasteiger partial charge in [-0.2, -0.15) is 0 Å². The Hall–Kier alpha value is -1.37. The zero-order valence-corrected chi connectivity index (χ0v) is 14.2. The molecule has 0 spiro atoms. The molecule has 1 unspecified atom stereocenters. The van der Waals surface area contributed by atoms with Crippen LogP contribution in [0.15, 0.2) is 35.2 Å². The topological polar surface area (TPSA) is 58.2 Å². The van der Waals surface area contributed by atoms with Gasteiger partial charge in [-0.3, -0.25) is 0 Å². The molecule has 0 aliphatic rings. The van der Waals surface area contributed by atoms with Gasteiger partial charge in [0.15, 0.2) is 0 Å². The van der Waals surface area contributed by atoms with Crippen LogP contribution in [0.5, 0.6) is 0 Å². The zero-order valence-electron chi connectivity index (χ0n) is 12.6. The Balaban J connectivity index is 2.29. The lowest BCUT2D eigenvalue weighted by molar-refractivity contribution is 0.588. The summed E-state index contributed by atoms with van der Waals surface area (Å²) in [5, 5.41) is 3.39. The first-order valence-electron chi connectivity index (χ1n) is 6.70. The number of sulfonamides is 1. The maximum Gasteiger partial charge on any atom is 0.240 e. The van der Waals surface area contributed by atoms with Crippen molar-refractivity contribution in [2.45, 2.75) is 31.7 Å². The quantitative estimate of drug-likeness (QED) is 0.885. The average Bonchev–Trinajstić information content (AvgIpc) is 2.87. The lowest BCUT2D eigenvalue weighted by Crippen LogP contribution is -2.19. The van der Waals surface area contributed by atoms with Crippen LogP contribution in [-0.2, 0) is 10.0 Å². The Morgan fingerprint density at radius 3 is 2.43 bits per heavy atom. The first kappa shape index (κ1) is 16.0. The van der Waals surface area contributed by atoms with Crippen molar-refractivity contribution in [3.8, 4) is 0 Å². The summed E-state index contributed by atoms with van der Waals surface area (Å²) >= 11 is 1.74. The Morgan fingerprint density at radius 1 is 1.14 bits per heavy atom. The predicted octanol–water partition coefficient (Wildman–Crippen LogP) is 3.45. The molecule has 6 heteroatoms. The molecule has 114 valence electrons. The molecule has 2 aromatic rings. The summed E-state index contributed by atoms with van der Waals surface area (Å²) in [5.41, 5.74) is 1.86. The van der Waals surface area contributed by atoms with E-state index in [1.54, 1.807) is 23.5 Å². The monoisotopic (exact) mass is 324 g/mol. The van der Waals surface area contributed by atoms with E-state index in [0.29, 0.717) is 0 Å². The van der Waals surface area contributed by atoms with Gasteiger partial charge in [0.05, 0.1) is 10.9 Å². The highest BCUT2D eigenvalue weighted by molar-refractivity contribution is 7.89. The summed E-state index contributed by atoms with van der Waals surface area (Å²) in [6, 6.07) is 9.44. The molecular weight excluding hydrogens is 304 g/mol. The first-order chi connectivity index (χ1) is 9.83. The molecule has 0 fully saturated rings. The summed E-state index contributed by atoms with van der Waals surface area (Å²) < 4.78 is 26.1. The fourth-order valence-corrected chi connectivity index (χ4v) is 3.67. The van der Waals surface area contributed by atoms with E-state index >= 15 is 0 Å². The van der Waals surface area contributed by atoms with Gasteiger partial charge in [0.1, 0.15) is 0 Å². The summed E-state index contributed by atoms with van der Waals surface area (Å²) in [6.45, 7) is 6.11. The number of aryl methyl sites for hydroxylation is 2. The molecule has 0 bridgehead atoms. The van der Waals surface area contributed by atoms with Crippen molar-refractivity contribution in [2.75, 3.05) is 12.4 Å². The van der Waals surface area contributed by atoms with E-state index in [9.17, 15) is 8.42 Å². The standard InChI is InChI=1S/C15H20N2O2S2/c1-10-5-7-13(21(18,19)16-4)9-14(10)17-12(3)15-8-6-11(2)20-15/h5-9,12,16-17H,1-4H3. The van der Waals surface area contributed by atoms with Crippen LogP contribution < -0.4 is 10.0 Å². The summed E-state index contributed by atoms with van der Waals surface area (Å²) in [4.78, 5) is 2.77. The van der Waals surface area contributed by atoms with Gasteiger partial charge in [0.25, 0.3) is 0 Å². The van der Waals surface area contributed by atoms with Gasteiger partial charge < -0.3 is 5.32 Å². The largest absolute Gasteiger partial charge is 0.377 e. The average molecular weight is 324 g/mol. The smallest absolute Gasteiger partial charge is 0.240 e. The lowest BCUT2D eigenvalue weighted by atomic mass is 10.1. The van der Waals surface area contributed by atoms with E-state index < -0.39 is 10.0 Å². The third-order valence-electron chi connectivity index (χ3n) is 3.35. The SMILES string of the molecule is CNS(=O)(=O)c1ccc(C)c(NC(C)c2ccc(C)s2)c1. The molecule has 1 aromatic heterocycles. The molecule has 1 heterocycles. The van der Waals surface area contributed by atoms with E-state index in [-0.39, 0.29) is 10.9 Å². The van der Waals surface area contributed by atoms with E-state index in [2.05, 4.69) is 36.0 Å². The lowest BCUT2D eigenvalue weighted by Gasteiger charge is -2.17. The molecule has 0 aliphatic carbocycles. The van der Waals surface area contributed by atoms with Crippen LogP contribution in [0.1, 0.15) is 28.3 Å². The summed E-state index contributed by atoms with van der Waals surface area (Å²) in [5.74, 6) is 0. The van der Waals surface area contributed by atoms with Crippen LogP contribution in [0, 0.1) is 13.8 Å². The second-order valence-electron chi connectivity index (χ2n) is 5.00. The van der Waals surface area contributed by atoms with Crippen molar-refractivity contribution >= 4 is 27.0 Å². The van der Waals surface area contributed by atoms with E-state index in [1.165, 1.54) is 16.8 Å². The molecule has 2 rings (SSSR count). The van der Waals surface area contributed by atoms with E-state index in [1.807, 2.05) is 13.0 Å². The van der Waals surface area contributed by atoms with Crippen molar-refractivity contribution < 1.29 is 8.42 Å². The van der Waals surface area contributed by atoms with Gasteiger partial charge in [-0.1, -0.05) is 6.07 Å². The maximum absolute atomic E-state index is 11.9. The van der Waals surface area contributed by atoms with Crippen molar-refractivity contribution in [1.82, 2.24) is 4.72 Å². The highest BCUT2D eigenvalue weighted by Crippen LogP contribution is 2.28. The molecule has 1 aromatic carbocycles. The number of benzene rings is 1. The third-order valence-corrected chi connectivity index (χ3v) is 5.94. The van der Waals surface area contributed by atoms with Crippen LogP contribution in [0.25, 0.3) is 0 Å². The second kappa shape index (κ2) is 6.17. The maximum atomic E-state index is 11.9. The minimum absolute atomic E-state index is 0.134. The molecular formula is C15H20N2O2S2. The third kappa shape index (κ3) is 3.64. The summed E-state index contributed by atoms with van der Waals surface area (Å²) in [7, 11) is -2.01. The van der Waals surface area contributed by atoms with Gasteiger partial charge in [-0.05, 0) is 57.6 Å². The molecule has 0 amide bonds. The van der Waals surface area contributed by atoms with Gasteiger partial charge in [-0.15, -0.1) is 11.3 Å². The molecule has 0 saturated heterocycles. The highest BCUT2D eigenvalue weighted by Gasteiger charge is 2.14. The number of hydrogen-bond donors (Lipinski definition) is 2. The fraction of sp³-hybridized carbons (Fsp3) is 0.333. The van der Waals surface area contributed by atoms with Gasteiger partial charge >= 0.3 is 0 Å². The van der Waals surface area contributed by atoms with Crippen LogP contribution in [0.3, 0.4) is 0 Å². The van der Waals surface area contributed by atoms with E-state index in [4.69, 9.17) is 0 Å². The molecule has 0 radical (unpaired) electrons. The second-order valence-corrected chi connectivity index (χ2v) is 8.20. The number of hydrogen-bond acceptors (Lipinski definition) is 4. The molecule has 0 aliphatic heterocycles. The Morgan fingerprint density at radius 2 is 1.86 bits per heavy atom. The molecule has 1 atom stereocenters.